The van der Waals surface area contributed by atoms with Crippen molar-refractivity contribution in [1.82, 2.24) is 5.32 Å². The number of nitrogens with one attached hydrogen (secondary N) is 1. The van der Waals surface area contributed by atoms with Gasteiger partial charge < -0.3 is 14.8 Å². The Morgan fingerprint density at radius 3 is 2.31 bits per heavy atom. The van der Waals surface area contributed by atoms with Crippen molar-refractivity contribution < 1.29 is 24.0 Å². The van der Waals surface area contributed by atoms with Gasteiger partial charge in [-0.25, -0.2) is 4.79 Å². The van der Waals surface area contributed by atoms with Crippen LogP contribution in [0, 0.1) is 10.1 Å². The van der Waals surface area contributed by atoms with E-state index >= 15 is 0 Å². The van der Waals surface area contributed by atoms with Crippen LogP contribution >= 0.6 is 0 Å². The Morgan fingerprint density at radius 1 is 1.00 bits per heavy atom. The Labute approximate surface area is 207 Å². The summed E-state index contributed by atoms with van der Waals surface area (Å²) in [4.78, 5) is 36.6. The van der Waals surface area contributed by atoms with Crippen LogP contribution in [0.15, 0.2) is 89.6 Å². The first-order valence-electron chi connectivity index (χ1n) is 11.3. The molecule has 0 unspecified atom stereocenters. The summed E-state index contributed by atoms with van der Waals surface area (Å²) >= 11 is 0. The minimum absolute atomic E-state index is 0.0205. The summed E-state index contributed by atoms with van der Waals surface area (Å²) < 4.78 is 10.9. The van der Waals surface area contributed by atoms with E-state index in [9.17, 15) is 19.7 Å². The van der Waals surface area contributed by atoms with Gasteiger partial charge in [0.05, 0.1) is 23.3 Å². The molecule has 0 spiro atoms. The molecule has 3 aromatic rings. The van der Waals surface area contributed by atoms with Gasteiger partial charge in [-0.3, -0.25) is 14.9 Å². The van der Waals surface area contributed by atoms with E-state index in [1.807, 2.05) is 30.3 Å². The first-order valence-corrected chi connectivity index (χ1v) is 11.3. The molecular weight excluding hydrogens is 460 g/mol. The van der Waals surface area contributed by atoms with Gasteiger partial charge >= 0.3 is 5.97 Å². The molecular formula is C28H22N2O6. The highest BCUT2D eigenvalue weighted by atomic mass is 16.6. The largest absolute Gasteiger partial charge is 0.489 e. The molecule has 3 aromatic carbocycles. The van der Waals surface area contributed by atoms with Crippen molar-refractivity contribution in [2.45, 2.75) is 19.4 Å². The van der Waals surface area contributed by atoms with E-state index in [-0.39, 0.29) is 18.1 Å². The van der Waals surface area contributed by atoms with Crippen LogP contribution in [-0.2, 0) is 16.1 Å². The molecule has 1 atom stereocenters. The van der Waals surface area contributed by atoms with Crippen LogP contribution in [0.2, 0.25) is 0 Å². The number of allylic oxidation sites excluding steroid dienone is 2. The minimum atomic E-state index is -0.600. The van der Waals surface area contributed by atoms with Crippen LogP contribution in [0.1, 0.15) is 39.9 Å². The number of rotatable bonds is 6. The van der Waals surface area contributed by atoms with Crippen molar-refractivity contribution in [3.05, 3.63) is 122 Å². The third kappa shape index (κ3) is 3.92. The molecule has 0 radical (unpaired) electrons. The predicted molar refractivity (Wildman–Crippen MR) is 132 cm³/mol. The number of carbonyl (C=O) groups excluding carboxylic acids is 2. The highest BCUT2D eigenvalue weighted by Crippen LogP contribution is 2.46. The maximum atomic E-state index is 13.4. The lowest BCUT2D eigenvalue weighted by Gasteiger charge is -2.29. The van der Waals surface area contributed by atoms with Gasteiger partial charge in [0.2, 0.25) is 0 Å². The van der Waals surface area contributed by atoms with Gasteiger partial charge in [-0.2, -0.15) is 0 Å². The Kier molecular flexibility index (Phi) is 5.85. The zero-order valence-electron chi connectivity index (χ0n) is 19.6. The highest BCUT2D eigenvalue weighted by Gasteiger charge is 2.42. The van der Waals surface area contributed by atoms with E-state index < -0.39 is 16.8 Å². The van der Waals surface area contributed by atoms with Gasteiger partial charge in [-0.15, -0.1) is 0 Å². The van der Waals surface area contributed by atoms with Gasteiger partial charge in [0.1, 0.15) is 12.4 Å². The average molecular weight is 482 g/mol. The number of nitro benzene ring substituents is 1. The van der Waals surface area contributed by atoms with Gasteiger partial charge in [0, 0.05) is 40.4 Å². The number of nitrogens with zero attached hydrogens (tertiary/aromatic N) is 1. The number of fused-ring (bicyclic) bond motifs is 2. The summed E-state index contributed by atoms with van der Waals surface area (Å²) in [6, 6.07) is 20.8. The lowest BCUT2D eigenvalue weighted by atomic mass is 9.80. The Balaban J connectivity index is 1.45. The number of carbonyl (C=O) groups is 2. The molecule has 2 aliphatic rings. The number of benzene rings is 3. The molecule has 0 fully saturated rings. The van der Waals surface area contributed by atoms with E-state index in [2.05, 4.69) is 5.32 Å². The molecule has 0 bridgehead atoms. The number of dihydropyridines is 1. The number of Topliss-reactive ketones (excluding diaryl/α,β-unsaturated/α-hetero) is 1. The zero-order chi connectivity index (χ0) is 25.4. The van der Waals surface area contributed by atoms with Crippen molar-refractivity contribution in [1.29, 1.82) is 0 Å². The van der Waals surface area contributed by atoms with E-state index in [4.69, 9.17) is 9.47 Å². The maximum absolute atomic E-state index is 13.4. The molecule has 8 heteroatoms. The number of non-ortho nitro benzene ring substituents is 1. The van der Waals surface area contributed by atoms with Crippen LogP contribution in [0.4, 0.5) is 5.69 Å². The fourth-order valence-electron chi connectivity index (χ4n) is 4.68. The van der Waals surface area contributed by atoms with Crippen molar-refractivity contribution in [3.63, 3.8) is 0 Å². The molecule has 0 saturated heterocycles. The summed E-state index contributed by atoms with van der Waals surface area (Å²) in [6.45, 7) is 2.04. The summed E-state index contributed by atoms with van der Waals surface area (Å²) in [7, 11) is 1.32. The molecule has 0 saturated carbocycles. The lowest BCUT2D eigenvalue weighted by Crippen LogP contribution is -2.29. The molecule has 36 heavy (non-hydrogen) atoms. The molecule has 1 aliphatic heterocycles. The minimum Gasteiger partial charge on any atom is -0.489 e. The fourth-order valence-corrected chi connectivity index (χ4v) is 4.68. The van der Waals surface area contributed by atoms with E-state index in [1.54, 1.807) is 37.3 Å². The number of hydrogen-bond donors (Lipinski definition) is 1. The van der Waals surface area contributed by atoms with Crippen LogP contribution in [-0.4, -0.2) is 23.8 Å². The van der Waals surface area contributed by atoms with E-state index in [1.165, 1.54) is 19.2 Å². The fraction of sp³-hybridized carbons (Fsp3) is 0.143. The van der Waals surface area contributed by atoms with Crippen LogP contribution in [0.25, 0.3) is 5.70 Å². The normalized spacial score (nSPS) is 16.3. The van der Waals surface area contributed by atoms with Gasteiger partial charge in [-0.05, 0) is 42.3 Å². The molecule has 1 N–H and O–H groups in total. The van der Waals surface area contributed by atoms with Gasteiger partial charge in [0.15, 0.2) is 5.78 Å². The third-order valence-corrected chi connectivity index (χ3v) is 6.42. The number of nitro groups is 1. The molecule has 1 aliphatic carbocycles. The van der Waals surface area contributed by atoms with E-state index in [0.29, 0.717) is 33.9 Å². The number of ketones is 1. The second-order valence-electron chi connectivity index (χ2n) is 8.53. The predicted octanol–water partition coefficient (Wildman–Crippen LogP) is 4.92. The Morgan fingerprint density at radius 2 is 1.67 bits per heavy atom. The lowest BCUT2D eigenvalue weighted by molar-refractivity contribution is -0.384. The maximum Gasteiger partial charge on any atom is 0.336 e. The SMILES string of the molecule is COC(=O)C1=C(C)NC2=C(C(=O)c3ccccc32)[C@@H]1c1ccc(OCc2ccc([N+](=O)[O-])cc2)cc1. The van der Waals surface area contributed by atoms with Crippen molar-refractivity contribution in [2.24, 2.45) is 0 Å². The number of ether oxygens (including phenoxy) is 2. The second-order valence-corrected chi connectivity index (χ2v) is 8.53. The van der Waals surface area contributed by atoms with Crippen LogP contribution in [0.3, 0.4) is 0 Å². The summed E-state index contributed by atoms with van der Waals surface area (Å²) in [5, 5.41) is 14.1. The van der Waals surface area contributed by atoms with Gasteiger partial charge in [0.25, 0.3) is 5.69 Å². The first kappa shape index (κ1) is 23.0. The molecule has 0 aromatic heterocycles. The number of esters is 1. The van der Waals surface area contributed by atoms with E-state index in [0.717, 1.165) is 16.7 Å². The second kappa shape index (κ2) is 9.14. The molecule has 5 rings (SSSR count). The van der Waals surface area contributed by atoms with Crippen LogP contribution in [0.5, 0.6) is 5.75 Å². The molecule has 1 heterocycles. The number of methoxy groups -OCH3 is 1. The van der Waals surface area contributed by atoms with Crippen LogP contribution < -0.4 is 10.1 Å². The molecule has 180 valence electrons. The first-order chi connectivity index (χ1) is 17.4. The summed E-state index contributed by atoms with van der Waals surface area (Å²) in [5.41, 5.74) is 5.23. The van der Waals surface area contributed by atoms with Crippen molar-refractivity contribution in [3.8, 4) is 5.75 Å². The quantitative estimate of drug-likeness (QED) is 0.302. The highest BCUT2D eigenvalue weighted by molar-refractivity contribution is 6.23. The number of hydrogen-bond acceptors (Lipinski definition) is 7. The summed E-state index contributed by atoms with van der Waals surface area (Å²) in [6.07, 6.45) is 0. The van der Waals surface area contributed by atoms with Gasteiger partial charge in [-0.1, -0.05) is 36.4 Å². The Hall–Kier alpha value is -4.72. The zero-order valence-corrected chi connectivity index (χ0v) is 19.6. The third-order valence-electron chi connectivity index (χ3n) is 6.42. The molecule has 8 nitrogen and oxygen atoms in total. The smallest absolute Gasteiger partial charge is 0.336 e. The van der Waals surface area contributed by atoms with Crippen molar-refractivity contribution >= 4 is 23.1 Å². The standard InChI is InChI=1S/C28H22N2O6/c1-16-23(28(32)35-2)24(25-26(29-16)21-5-3-4-6-22(21)27(25)31)18-9-13-20(14-10-18)36-15-17-7-11-19(12-8-17)30(33)34/h3-14,24,29H,15H2,1-2H3/t24-/m1/s1. The Bertz CT molecular complexity index is 1450. The summed E-state index contributed by atoms with van der Waals surface area (Å²) in [5.74, 6) is -0.636. The van der Waals surface area contributed by atoms with Crippen molar-refractivity contribution in [2.75, 3.05) is 7.11 Å². The topological polar surface area (TPSA) is 108 Å². The average Bonchev–Trinajstić information content (AvgIpc) is 3.18. The monoisotopic (exact) mass is 482 g/mol. The molecule has 0 amide bonds.